The number of ether oxygens (including phenoxy) is 1. The first-order chi connectivity index (χ1) is 9.60. The second kappa shape index (κ2) is 6.25. The van der Waals surface area contributed by atoms with Crippen LogP contribution in [0.1, 0.15) is 27.4 Å². The van der Waals surface area contributed by atoms with Crippen LogP contribution >= 0.6 is 0 Å². The summed E-state index contributed by atoms with van der Waals surface area (Å²) in [5.41, 5.74) is 1.18. The summed E-state index contributed by atoms with van der Waals surface area (Å²) in [6.45, 7) is 1.90. The van der Waals surface area contributed by atoms with Crippen LogP contribution in [0.2, 0.25) is 0 Å². The van der Waals surface area contributed by atoms with E-state index in [4.69, 9.17) is 19.4 Å². The quantitative estimate of drug-likeness (QED) is 0.846. The molecular formula is C15H16O5. The molecule has 0 atom stereocenters. The van der Waals surface area contributed by atoms with Crippen LogP contribution < -0.4 is 4.74 Å². The predicted octanol–water partition coefficient (Wildman–Crippen LogP) is 2.40. The molecule has 1 aromatic heterocycles. The molecule has 106 valence electrons. The lowest BCUT2D eigenvalue weighted by Crippen LogP contribution is -1.96. The first-order valence-corrected chi connectivity index (χ1v) is 6.25. The summed E-state index contributed by atoms with van der Waals surface area (Å²) in [5.74, 6) is 0.497. The van der Waals surface area contributed by atoms with Gasteiger partial charge in [0.15, 0.2) is 0 Å². The highest BCUT2D eigenvalue weighted by molar-refractivity contribution is 5.88. The molecule has 0 unspecified atom stereocenters. The van der Waals surface area contributed by atoms with Crippen LogP contribution in [0.3, 0.4) is 0 Å². The van der Waals surface area contributed by atoms with E-state index in [0.29, 0.717) is 23.7 Å². The SMILES string of the molecule is Cc1oc(COc2ccc(CCO)cc2)cc1C(=O)O. The third kappa shape index (κ3) is 3.39. The lowest BCUT2D eigenvalue weighted by Gasteiger charge is -2.05. The van der Waals surface area contributed by atoms with Crippen LogP contribution in [0.5, 0.6) is 5.75 Å². The Kier molecular flexibility index (Phi) is 4.42. The maximum absolute atomic E-state index is 10.9. The smallest absolute Gasteiger partial charge is 0.339 e. The van der Waals surface area contributed by atoms with E-state index in [0.717, 1.165) is 5.56 Å². The molecule has 0 radical (unpaired) electrons. The van der Waals surface area contributed by atoms with Gasteiger partial charge in [0, 0.05) is 6.61 Å². The highest BCUT2D eigenvalue weighted by Crippen LogP contribution is 2.18. The zero-order valence-electron chi connectivity index (χ0n) is 11.1. The van der Waals surface area contributed by atoms with Crippen molar-refractivity contribution in [1.29, 1.82) is 0 Å². The van der Waals surface area contributed by atoms with E-state index in [1.165, 1.54) is 6.07 Å². The maximum atomic E-state index is 10.9. The molecule has 1 aromatic carbocycles. The number of aliphatic hydroxyl groups excluding tert-OH is 1. The van der Waals surface area contributed by atoms with Gasteiger partial charge in [-0.3, -0.25) is 0 Å². The lowest BCUT2D eigenvalue weighted by molar-refractivity contribution is 0.0695. The molecule has 0 aliphatic heterocycles. The summed E-state index contributed by atoms with van der Waals surface area (Å²) in [6.07, 6.45) is 0.611. The van der Waals surface area contributed by atoms with Crippen LogP contribution in [0.15, 0.2) is 34.7 Å². The predicted molar refractivity (Wildman–Crippen MR) is 72.0 cm³/mol. The molecule has 0 saturated carbocycles. The van der Waals surface area contributed by atoms with Gasteiger partial charge in [-0.1, -0.05) is 12.1 Å². The Morgan fingerprint density at radius 2 is 2.00 bits per heavy atom. The van der Waals surface area contributed by atoms with Gasteiger partial charge >= 0.3 is 5.97 Å². The van der Waals surface area contributed by atoms with Crippen molar-refractivity contribution in [2.75, 3.05) is 6.61 Å². The van der Waals surface area contributed by atoms with Gasteiger partial charge in [-0.15, -0.1) is 0 Å². The molecule has 0 aliphatic rings. The van der Waals surface area contributed by atoms with Crippen molar-refractivity contribution in [2.45, 2.75) is 20.0 Å². The Bertz CT molecular complexity index is 583. The number of hydrogen-bond acceptors (Lipinski definition) is 4. The fraction of sp³-hybridized carbons (Fsp3) is 0.267. The summed E-state index contributed by atoms with van der Waals surface area (Å²) >= 11 is 0. The van der Waals surface area contributed by atoms with Crippen LogP contribution in [-0.4, -0.2) is 22.8 Å². The molecule has 2 aromatic rings. The summed E-state index contributed by atoms with van der Waals surface area (Å²) < 4.78 is 10.8. The monoisotopic (exact) mass is 276 g/mol. The van der Waals surface area contributed by atoms with Crippen molar-refractivity contribution in [3.05, 3.63) is 53.0 Å². The van der Waals surface area contributed by atoms with E-state index in [1.54, 1.807) is 19.1 Å². The largest absolute Gasteiger partial charge is 0.486 e. The van der Waals surface area contributed by atoms with Gasteiger partial charge in [0.25, 0.3) is 0 Å². The zero-order chi connectivity index (χ0) is 14.5. The normalized spacial score (nSPS) is 10.5. The van der Waals surface area contributed by atoms with Crippen LogP contribution in [-0.2, 0) is 13.0 Å². The van der Waals surface area contributed by atoms with Crippen molar-refractivity contribution >= 4 is 5.97 Å². The number of rotatable bonds is 6. The van der Waals surface area contributed by atoms with Crippen molar-refractivity contribution in [1.82, 2.24) is 0 Å². The topological polar surface area (TPSA) is 79.9 Å². The summed E-state index contributed by atoms with van der Waals surface area (Å²) in [6, 6.07) is 8.83. The highest BCUT2D eigenvalue weighted by atomic mass is 16.5. The Hall–Kier alpha value is -2.27. The number of aliphatic hydroxyl groups is 1. The summed E-state index contributed by atoms with van der Waals surface area (Å²) in [7, 11) is 0. The molecule has 0 aliphatic carbocycles. The molecule has 0 bridgehead atoms. The van der Waals surface area contributed by atoms with Crippen molar-refractivity contribution in [3.63, 3.8) is 0 Å². The molecule has 2 N–H and O–H groups in total. The van der Waals surface area contributed by atoms with Crippen molar-refractivity contribution in [3.8, 4) is 5.75 Å². The van der Waals surface area contributed by atoms with E-state index < -0.39 is 5.97 Å². The standard InChI is InChI=1S/C15H16O5/c1-10-14(15(17)18)8-13(20-10)9-19-12-4-2-11(3-5-12)6-7-16/h2-5,8,16H,6-7,9H2,1H3,(H,17,18). The summed E-state index contributed by atoms with van der Waals surface area (Å²) in [5, 5.41) is 17.7. The average molecular weight is 276 g/mol. The molecule has 0 fully saturated rings. The van der Waals surface area contributed by atoms with E-state index in [1.807, 2.05) is 12.1 Å². The lowest BCUT2D eigenvalue weighted by atomic mass is 10.1. The molecule has 20 heavy (non-hydrogen) atoms. The molecule has 5 heteroatoms. The Labute approximate surface area is 116 Å². The molecular weight excluding hydrogens is 260 g/mol. The number of carbonyl (C=O) groups is 1. The number of hydrogen-bond donors (Lipinski definition) is 2. The Morgan fingerprint density at radius 3 is 2.55 bits per heavy atom. The van der Waals surface area contributed by atoms with Gasteiger partial charge in [0.1, 0.15) is 29.4 Å². The van der Waals surface area contributed by atoms with Gasteiger partial charge < -0.3 is 19.4 Å². The number of aromatic carboxylic acids is 1. The zero-order valence-corrected chi connectivity index (χ0v) is 11.1. The van der Waals surface area contributed by atoms with E-state index in [-0.39, 0.29) is 18.8 Å². The summed E-state index contributed by atoms with van der Waals surface area (Å²) in [4.78, 5) is 10.9. The number of carboxylic acid groups (broad SMARTS) is 1. The third-order valence-electron chi connectivity index (χ3n) is 2.90. The number of aryl methyl sites for hydroxylation is 1. The second-order valence-electron chi connectivity index (χ2n) is 4.39. The van der Waals surface area contributed by atoms with Crippen molar-refractivity contribution < 1.29 is 24.2 Å². The highest BCUT2D eigenvalue weighted by Gasteiger charge is 2.13. The number of benzene rings is 1. The second-order valence-corrected chi connectivity index (χ2v) is 4.39. The number of carboxylic acids is 1. The maximum Gasteiger partial charge on any atom is 0.339 e. The fourth-order valence-electron chi connectivity index (χ4n) is 1.86. The van der Waals surface area contributed by atoms with E-state index in [2.05, 4.69) is 0 Å². The minimum Gasteiger partial charge on any atom is -0.486 e. The molecule has 0 saturated heterocycles. The van der Waals surface area contributed by atoms with Gasteiger partial charge in [-0.25, -0.2) is 4.79 Å². The van der Waals surface area contributed by atoms with Gasteiger partial charge in [-0.05, 0) is 37.1 Å². The molecule has 1 heterocycles. The third-order valence-corrected chi connectivity index (χ3v) is 2.90. The number of furan rings is 1. The molecule has 2 rings (SSSR count). The Morgan fingerprint density at radius 1 is 1.30 bits per heavy atom. The van der Waals surface area contributed by atoms with Crippen molar-refractivity contribution in [2.24, 2.45) is 0 Å². The first kappa shape index (κ1) is 14.1. The minimum absolute atomic E-state index is 0.115. The molecule has 5 nitrogen and oxygen atoms in total. The van der Waals surface area contributed by atoms with Gasteiger partial charge in [0.05, 0.1) is 0 Å². The average Bonchev–Trinajstić information content (AvgIpc) is 2.80. The van der Waals surface area contributed by atoms with Crippen LogP contribution in [0.4, 0.5) is 0 Å². The molecule has 0 spiro atoms. The van der Waals surface area contributed by atoms with Crippen LogP contribution in [0.25, 0.3) is 0 Å². The van der Waals surface area contributed by atoms with Crippen LogP contribution in [0, 0.1) is 6.92 Å². The van der Waals surface area contributed by atoms with E-state index >= 15 is 0 Å². The van der Waals surface area contributed by atoms with Gasteiger partial charge in [0.2, 0.25) is 0 Å². The van der Waals surface area contributed by atoms with E-state index in [9.17, 15) is 4.79 Å². The Balaban J connectivity index is 1.98. The molecule has 0 amide bonds. The minimum atomic E-state index is -1.01. The van der Waals surface area contributed by atoms with Gasteiger partial charge in [-0.2, -0.15) is 0 Å². The fourth-order valence-corrected chi connectivity index (χ4v) is 1.86. The first-order valence-electron chi connectivity index (χ1n) is 6.25.